The van der Waals surface area contributed by atoms with E-state index in [1.54, 1.807) is 18.2 Å². The van der Waals surface area contributed by atoms with Crippen LogP contribution in [0.2, 0.25) is 10.0 Å². The molecular weight excluding hydrogens is 355 g/mol. The average Bonchev–Trinajstić information content (AvgIpc) is 2.56. The SMILES string of the molecule is CCCCCCCc1ccc(O)c(Cl)c1.Cc1cc(O)cc(C)c1Cl. The highest BCUT2D eigenvalue weighted by molar-refractivity contribution is 6.32. The number of hydrogen-bond acceptors (Lipinski definition) is 2. The first-order valence-corrected chi connectivity index (χ1v) is 9.53. The van der Waals surface area contributed by atoms with E-state index in [1.165, 1.54) is 37.7 Å². The van der Waals surface area contributed by atoms with Crippen molar-refractivity contribution < 1.29 is 10.2 Å². The van der Waals surface area contributed by atoms with E-state index in [-0.39, 0.29) is 11.5 Å². The Kier molecular flexibility index (Phi) is 9.77. The minimum absolute atomic E-state index is 0.173. The van der Waals surface area contributed by atoms with Crippen molar-refractivity contribution in [1.29, 1.82) is 0 Å². The molecular formula is C21H28Cl2O2. The Morgan fingerprint density at radius 1 is 0.840 bits per heavy atom. The van der Waals surface area contributed by atoms with Crippen LogP contribution in [0, 0.1) is 13.8 Å². The van der Waals surface area contributed by atoms with E-state index in [0.29, 0.717) is 5.02 Å². The summed E-state index contributed by atoms with van der Waals surface area (Å²) >= 11 is 11.7. The molecule has 0 heterocycles. The van der Waals surface area contributed by atoms with Crippen LogP contribution in [-0.4, -0.2) is 10.2 Å². The van der Waals surface area contributed by atoms with Gasteiger partial charge in [-0.25, -0.2) is 0 Å². The number of benzene rings is 2. The first kappa shape index (κ1) is 21.7. The van der Waals surface area contributed by atoms with Gasteiger partial charge in [-0.15, -0.1) is 0 Å². The summed E-state index contributed by atoms with van der Waals surface area (Å²) in [5.74, 6) is 0.450. The van der Waals surface area contributed by atoms with Gasteiger partial charge in [0.25, 0.3) is 0 Å². The van der Waals surface area contributed by atoms with Gasteiger partial charge >= 0.3 is 0 Å². The molecule has 0 saturated carbocycles. The Balaban J connectivity index is 0.000000271. The van der Waals surface area contributed by atoms with E-state index in [0.717, 1.165) is 22.6 Å². The molecule has 2 aromatic carbocycles. The monoisotopic (exact) mass is 382 g/mol. The summed E-state index contributed by atoms with van der Waals surface area (Å²) in [5.41, 5.74) is 3.05. The van der Waals surface area contributed by atoms with Crippen LogP contribution in [0.15, 0.2) is 30.3 Å². The normalized spacial score (nSPS) is 10.3. The summed E-state index contributed by atoms with van der Waals surface area (Å²) in [6.45, 7) is 5.96. The van der Waals surface area contributed by atoms with Gasteiger partial charge < -0.3 is 10.2 Å². The molecule has 0 bridgehead atoms. The maximum absolute atomic E-state index is 9.25. The van der Waals surface area contributed by atoms with Crippen LogP contribution in [0.1, 0.15) is 55.7 Å². The molecule has 0 aliphatic heterocycles. The molecule has 25 heavy (non-hydrogen) atoms. The van der Waals surface area contributed by atoms with Gasteiger partial charge in [-0.2, -0.15) is 0 Å². The molecule has 0 amide bonds. The number of unbranched alkanes of at least 4 members (excludes halogenated alkanes) is 4. The minimum Gasteiger partial charge on any atom is -0.508 e. The molecule has 0 spiro atoms. The predicted octanol–water partition coefficient (Wildman–Crippen LogP) is 7.22. The maximum Gasteiger partial charge on any atom is 0.134 e. The molecule has 2 nitrogen and oxygen atoms in total. The molecule has 0 atom stereocenters. The third-order valence-electron chi connectivity index (χ3n) is 4.00. The standard InChI is InChI=1S/C13H19ClO.C8H9ClO/c1-2-3-4-5-6-7-11-8-9-13(15)12(14)10-11;1-5-3-7(10)4-6(2)8(5)9/h8-10,15H,2-7H2,1H3;3-4,10H,1-2H3. The van der Waals surface area contributed by atoms with Crippen LogP contribution in [0.5, 0.6) is 11.5 Å². The topological polar surface area (TPSA) is 40.5 Å². The van der Waals surface area contributed by atoms with E-state index < -0.39 is 0 Å². The molecule has 2 aromatic rings. The molecule has 0 aromatic heterocycles. The average molecular weight is 383 g/mol. The van der Waals surface area contributed by atoms with Gasteiger partial charge in [-0.3, -0.25) is 0 Å². The van der Waals surface area contributed by atoms with E-state index >= 15 is 0 Å². The molecule has 2 N–H and O–H groups in total. The maximum atomic E-state index is 9.25. The molecule has 0 aliphatic carbocycles. The number of phenols is 2. The van der Waals surface area contributed by atoms with Gasteiger partial charge in [-0.05, 0) is 67.6 Å². The second-order valence-electron chi connectivity index (χ2n) is 6.34. The Morgan fingerprint density at radius 3 is 2.00 bits per heavy atom. The summed E-state index contributed by atoms with van der Waals surface area (Å²) in [5, 5.41) is 19.5. The molecule has 2 rings (SSSR count). The number of phenolic OH excluding ortho intramolecular Hbond substituents is 2. The number of hydrogen-bond donors (Lipinski definition) is 2. The third-order valence-corrected chi connectivity index (χ3v) is 4.90. The van der Waals surface area contributed by atoms with Crippen LogP contribution in [-0.2, 0) is 6.42 Å². The van der Waals surface area contributed by atoms with Gasteiger partial charge in [0.05, 0.1) is 5.02 Å². The second kappa shape index (κ2) is 11.3. The van der Waals surface area contributed by atoms with Crippen LogP contribution in [0.25, 0.3) is 0 Å². The van der Waals surface area contributed by atoms with Gasteiger partial charge in [0.15, 0.2) is 0 Å². The highest BCUT2D eigenvalue weighted by Gasteiger charge is 2.00. The van der Waals surface area contributed by atoms with Crippen molar-refractivity contribution in [2.24, 2.45) is 0 Å². The highest BCUT2D eigenvalue weighted by Crippen LogP contribution is 2.25. The van der Waals surface area contributed by atoms with Crippen LogP contribution < -0.4 is 0 Å². The minimum atomic E-state index is 0.173. The quantitative estimate of drug-likeness (QED) is 0.517. The van der Waals surface area contributed by atoms with Crippen molar-refractivity contribution >= 4 is 23.2 Å². The van der Waals surface area contributed by atoms with Crippen molar-refractivity contribution in [3.63, 3.8) is 0 Å². The lowest BCUT2D eigenvalue weighted by Crippen LogP contribution is -1.86. The van der Waals surface area contributed by atoms with Gasteiger partial charge in [0, 0.05) is 5.02 Å². The summed E-state index contributed by atoms with van der Waals surface area (Å²) < 4.78 is 0. The van der Waals surface area contributed by atoms with Gasteiger partial charge in [-0.1, -0.05) is 61.9 Å². The highest BCUT2D eigenvalue weighted by atomic mass is 35.5. The van der Waals surface area contributed by atoms with Crippen LogP contribution >= 0.6 is 23.2 Å². The zero-order valence-corrected chi connectivity index (χ0v) is 16.8. The molecule has 4 heteroatoms. The number of rotatable bonds is 6. The van der Waals surface area contributed by atoms with Crippen LogP contribution in [0.4, 0.5) is 0 Å². The van der Waals surface area contributed by atoms with E-state index in [4.69, 9.17) is 28.3 Å². The Morgan fingerprint density at radius 2 is 1.44 bits per heavy atom. The van der Waals surface area contributed by atoms with E-state index in [1.807, 2.05) is 26.0 Å². The summed E-state index contributed by atoms with van der Waals surface area (Å²) in [6.07, 6.45) is 7.49. The van der Waals surface area contributed by atoms with Gasteiger partial charge in [0.1, 0.15) is 11.5 Å². The lowest BCUT2D eigenvalue weighted by atomic mass is 10.1. The summed E-state index contributed by atoms with van der Waals surface area (Å²) in [6, 6.07) is 8.77. The first-order chi connectivity index (χ1) is 11.8. The number of aromatic hydroxyl groups is 2. The molecule has 0 fully saturated rings. The Labute approximate surface area is 161 Å². The zero-order chi connectivity index (χ0) is 18.8. The van der Waals surface area contributed by atoms with Crippen molar-refractivity contribution in [1.82, 2.24) is 0 Å². The fourth-order valence-corrected chi connectivity index (χ4v) is 2.87. The lowest BCUT2D eigenvalue weighted by Gasteiger charge is -2.03. The van der Waals surface area contributed by atoms with Crippen LogP contribution in [0.3, 0.4) is 0 Å². The number of aryl methyl sites for hydroxylation is 3. The fourth-order valence-electron chi connectivity index (χ4n) is 2.56. The van der Waals surface area contributed by atoms with Gasteiger partial charge in [0.2, 0.25) is 0 Å². The molecule has 0 unspecified atom stereocenters. The predicted molar refractivity (Wildman–Crippen MR) is 108 cm³/mol. The van der Waals surface area contributed by atoms with E-state index in [9.17, 15) is 5.11 Å². The molecule has 0 saturated heterocycles. The van der Waals surface area contributed by atoms with Crippen molar-refractivity contribution in [2.75, 3.05) is 0 Å². The molecule has 138 valence electrons. The zero-order valence-electron chi connectivity index (χ0n) is 15.3. The lowest BCUT2D eigenvalue weighted by molar-refractivity contribution is 0.474. The summed E-state index contributed by atoms with van der Waals surface area (Å²) in [4.78, 5) is 0. The Bertz CT molecular complexity index is 646. The smallest absolute Gasteiger partial charge is 0.134 e. The Hall–Kier alpha value is -1.38. The summed E-state index contributed by atoms with van der Waals surface area (Å²) in [7, 11) is 0. The van der Waals surface area contributed by atoms with Crippen molar-refractivity contribution in [3.05, 3.63) is 57.1 Å². The third kappa shape index (κ3) is 8.02. The fraction of sp³-hybridized carbons (Fsp3) is 0.429. The first-order valence-electron chi connectivity index (χ1n) is 8.78. The molecule has 0 aliphatic rings. The largest absolute Gasteiger partial charge is 0.508 e. The van der Waals surface area contributed by atoms with E-state index in [2.05, 4.69) is 6.92 Å². The number of halogens is 2. The van der Waals surface area contributed by atoms with Crippen molar-refractivity contribution in [3.8, 4) is 11.5 Å². The molecule has 0 radical (unpaired) electrons. The second-order valence-corrected chi connectivity index (χ2v) is 7.13. The van der Waals surface area contributed by atoms with Crippen molar-refractivity contribution in [2.45, 2.75) is 59.3 Å².